The highest BCUT2D eigenvalue weighted by Crippen LogP contribution is 2.02. The fraction of sp³-hybridized carbons (Fsp3) is 0.917. The number of hydrogen-bond donors (Lipinski definition) is 1. The largest absolute Gasteiger partial charge is 0.354 e. The van der Waals surface area contributed by atoms with Crippen LogP contribution >= 0.6 is 0 Å². The van der Waals surface area contributed by atoms with Crippen LogP contribution in [0.15, 0.2) is 4.99 Å². The Bertz CT molecular complexity index is 227. The molecule has 0 aromatic carbocycles. The first-order valence-corrected chi connectivity index (χ1v) is 6.27. The van der Waals surface area contributed by atoms with Crippen LogP contribution < -0.4 is 5.32 Å². The van der Waals surface area contributed by atoms with Crippen molar-refractivity contribution in [1.82, 2.24) is 15.1 Å². The molecule has 0 unspecified atom stereocenters. The Hall–Kier alpha value is -0.770. The first-order valence-electron chi connectivity index (χ1n) is 6.27. The number of aliphatic imine (C=N–C) groups is 1. The second-order valence-electron chi connectivity index (χ2n) is 5.14. The van der Waals surface area contributed by atoms with Crippen molar-refractivity contribution in [1.29, 1.82) is 0 Å². The summed E-state index contributed by atoms with van der Waals surface area (Å²) in [6.07, 6.45) is 0. The molecule has 16 heavy (non-hydrogen) atoms. The van der Waals surface area contributed by atoms with E-state index in [1.807, 2.05) is 0 Å². The molecule has 0 saturated carbocycles. The molecule has 1 N–H and O–H groups in total. The lowest BCUT2D eigenvalue weighted by atomic mass is 10.3. The van der Waals surface area contributed by atoms with Gasteiger partial charge >= 0.3 is 0 Å². The summed E-state index contributed by atoms with van der Waals surface area (Å²) in [6, 6.07) is 0.790. The maximum Gasteiger partial charge on any atom is 0.194 e. The zero-order valence-electron chi connectivity index (χ0n) is 11.3. The van der Waals surface area contributed by atoms with Crippen molar-refractivity contribution in [2.24, 2.45) is 4.99 Å². The summed E-state index contributed by atoms with van der Waals surface area (Å²) < 4.78 is 0. The second-order valence-corrected chi connectivity index (χ2v) is 5.14. The van der Waals surface area contributed by atoms with Crippen molar-refractivity contribution in [2.75, 3.05) is 33.2 Å². The Morgan fingerprint density at radius 3 is 2.06 bits per heavy atom. The Kier molecular flexibility index (Phi) is 5.06. The molecule has 0 spiro atoms. The van der Waals surface area contributed by atoms with E-state index in [-0.39, 0.29) is 0 Å². The third-order valence-corrected chi connectivity index (χ3v) is 2.60. The first kappa shape index (κ1) is 13.3. The maximum absolute atomic E-state index is 4.68. The Labute approximate surface area is 99.7 Å². The zero-order valence-corrected chi connectivity index (χ0v) is 11.3. The fourth-order valence-corrected chi connectivity index (χ4v) is 1.73. The first-order chi connectivity index (χ1) is 7.49. The van der Waals surface area contributed by atoms with Gasteiger partial charge in [0.1, 0.15) is 0 Å². The van der Waals surface area contributed by atoms with Crippen molar-refractivity contribution in [3.05, 3.63) is 0 Å². The van der Waals surface area contributed by atoms with Crippen molar-refractivity contribution < 1.29 is 0 Å². The van der Waals surface area contributed by atoms with Crippen molar-refractivity contribution in [2.45, 2.75) is 39.8 Å². The summed E-state index contributed by atoms with van der Waals surface area (Å²) in [5.41, 5.74) is 0. The molecule has 0 atom stereocenters. The molecular formula is C12H26N4. The molecule has 4 heteroatoms. The van der Waals surface area contributed by atoms with Crippen LogP contribution in [0, 0.1) is 0 Å². The van der Waals surface area contributed by atoms with Crippen LogP contribution in [-0.4, -0.2) is 61.1 Å². The van der Waals surface area contributed by atoms with Gasteiger partial charge in [0.25, 0.3) is 0 Å². The third kappa shape index (κ3) is 4.39. The highest BCUT2D eigenvalue weighted by molar-refractivity contribution is 5.80. The lowest BCUT2D eigenvalue weighted by Gasteiger charge is -2.35. The number of likely N-dealkylation sites (N-methyl/N-ethyl adjacent to an activating group) is 1. The molecule has 0 radical (unpaired) electrons. The molecular weight excluding hydrogens is 200 g/mol. The standard InChI is InChI=1S/C12H26N4/c1-10(2)13-12(14-11(3)4)16-8-6-15(5)7-9-16/h10-11H,6-9H2,1-5H3,(H,13,14). The van der Waals surface area contributed by atoms with Gasteiger partial charge in [0, 0.05) is 38.3 Å². The molecule has 1 fully saturated rings. The minimum absolute atomic E-state index is 0.348. The zero-order chi connectivity index (χ0) is 12.1. The Morgan fingerprint density at radius 1 is 1.06 bits per heavy atom. The molecule has 1 aliphatic rings. The van der Waals surface area contributed by atoms with Crippen LogP contribution in [0.1, 0.15) is 27.7 Å². The normalized spacial score (nSPS) is 19.7. The van der Waals surface area contributed by atoms with E-state index in [2.05, 4.69) is 54.9 Å². The van der Waals surface area contributed by atoms with Gasteiger partial charge in [0.15, 0.2) is 5.96 Å². The van der Waals surface area contributed by atoms with Gasteiger partial charge in [-0.2, -0.15) is 0 Å². The van der Waals surface area contributed by atoms with Crippen LogP contribution in [0.3, 0.4) is 0 Å². The molecule has 1 aliphatic heterocycles. The van der Waals surface area contributed by atoms with Crippen molar-refractivity contribution in [3.63, 3.8) is 0 Å². The van der Waals surface area contributed by atoms with Crippen LogP contribution in [0.25, 0.3) is 0 Å². The van der Waals surface area contributed by atoms with E-state index in [0.29, 0.717) is 12.1 Å². The van der Waals surface area contributed by atoms with Crippen molar-refractivity contribution >= 4 is 5.96 Å². The Morgan fingerprint density at radius 2 is 1.62 bits per heavy atom. The van der Waals surface area contributed by atoms with E-state index in [1.54, 1.807) is 0 Å². The van der Waals surface area contributed by atoms with E-state index >= 15 is 0 Å². The number of nitrogens with zero attached hydrogens (tertiary/aromatic N) is 3. The van der Waals surface area contributed by atoms with Crippen LogP contribution in [0.2, 0.25) is 0 Å². The summed E-state index contributed by atoms with van der Waals surface area (Å²) in [4.78, 5) is 9.40. The fourth-order valence-electron chi connectivity index (χ4n) is 1.73. The quantitative estimate of drug-likeness (QED) is 0.563. The molecule has 1 heterocycles. The monoisotopic (exact) mass is 226 g/mol. The number of nitrogens with one attached hydrogen (secondary N) is 1. The summed E-state index contributed by atoms with van der Waals surface area (Å²) in [5.74, 6) is 1.07. The predicted octanol–water partition coefficient (Wildman–Crippen LogP) is 0.996. The highest BCUT2D eigenvalue weighted by Gasteiger charge is 2.18. The summed E-state index contributed by atoms with van der Waals surface area (Å²) in [7, 11) is 2.17. The van der Waals surface area contributed by atoms with Crippen LogP contribution in [-0.2, 0) is 0 Å². The lowest BCUT2D eigenvalue weighted by molar-refractivity contribution is 0.210. The summed E-state index contributed by atoms with van der Waals surface area (Å²) in [5, 5.41) is 3.45. The predicted molar refractivity (Wildman–Crippen MR) is 69.9 cm³/mol. The van der Waals surface area contributed by atoms with Crippen LogP contribution in [0.5, 0.6) is 0 Å². The SMILES string of the molecule is CC(C)N=C(NC(C)C)N1CCN(C)CC1. The second kappa shape index (κ2) is 6.09. The third-order valence-electron chi connectivity index (χ3n) is 2.60. The summed E-state index contributed by atoms with van der Waals surface area (Å²) in [6.45, 7) is 12.9. The van der Waals surface area contributed by atoms with Gasteiger partial charge in [0.05, 0.1) is 0 Å². The van der Waals surface area contributed by atoms with E-state index in [1.165, 1.54) is 0 Å². The lowest BCUT2D eigenvalue weighted by Crippen LogP contribution is -2.52. The molecule has 0 aromatic heterocycles. The molecule has 0 amide bonds. The van der Waals surface area contributed by atoms with Crippen LogP contribution in [0.4, 0.5) is 0 Å². The molecule has 4 nitrogen and oxygen atoms in total. The topological polar surface area (TPSA) is 30.9 Å². The smallest absolute Gasteiger partial charge is 0.194 e. The van der Waals surface area contributed by atoms with Crippen molar-refractivity contribution in [3.8, 4) is 0 Å². The van der Waals surface area contributed by atoms with E-state index in [0.717, 1.165) is 32.1 Å². The average molecular weight is 226 g/mol. The van der Waals surface area contributed by atoms with Gasteiger partial charge < -0.3 is 15.1 Å². The van der Waals surface area contributed by atoms with E-state index in [4.69, 9.17) is 0 Å². The average Bonchev–Trinajstić information content (AvgIpc) is 2.16. The minimum atomic E-state index is 0.348. The van der Waals surface area contributed by atoms with E-state index < -0.39 is 0 Å². The number of piperazine rings is 1. The minimum Gasteiger partial charge on any atom is -0.354 e. The van der Waals surface area contributed by atoms with E-state index in [9.17, 15) is 0 Å². The highest BCUT2D eigenvalue weighted by atomic mass is 15.3. The molecule has 0 aliphatic carbocycles. The maximum atomic E-state index is 4.68. The molecule has 1 saturated heterocycles. The van der Waals surface area contributed by atoms with Gasteiger partial charge in [-0.1, -0.05) is 0 Å². The van der Waals surface area contributed by atoms with Gasteiger partial charge in [0.2, 0.25) is 0 Å². The number of guanidine groups is 1. The molecule has 0 bridgehead atoms. The Balaban J connectivity index is 2.61. The van der Waals surface area contributed by atoms with Gasteiger partial charge in [-0.3, -0.25) is 4.99 Å². The van der Waals surface area contributed by atoms with Gasteiger partial charge in [-0.25, -0.2) is 0 Å². The van der Waals surface area contributed by atoms with Gasteiger partial charge in [-0.15, -0.1) is 0 Å². The molecule has 0 aromatic rings. The van der Waals surface area contributed by atoms with Gasteiger partial charge in [-0.05, 0) is 34.7 Å². The number of rotatable bonds is 2. The number of hydrogen-bond acceptors (Lipinski definition) is 2. The molecule has 1 rings (SSSR count). The summed E-state index contributed by atoms with van der Waals surface area (Å²) >= 11 is 0. The molecule has 94 valence electrons.